The van der Waals surface area contributed by atoms with E-state index in [0.717, 1.165) is 22.2 Å². The highest BCUT2D eigenvalue weighted by molar-refractivity contribution is 5.90. The summed E-state index contributed by atoms with van der Waals surface area (Å²) in [6, 6.07) is 7.38. The number of aromatic amines is 1. The van der Waals surface area contributed by atoms with Gasteiger partial charge >= 0.3 is 6.18 Å². The lowest BCUT2D eigenvalue weighted by Crippen LogP contribution is -2.34. The Hall–Kier alpha value is -1.98. The second-order valence-electron chi connectivity index (χ2n) is 4.34. The lowest BCUT2D eigenvalue weighted by molar-refractivity contribution is -0.138. The number of amides is 1. The van der Waals surface area contributed by atoms with Crippen molar-refractivity contribution in [1.29, 1.82) is 0 Å². The molecule has 0 spiro atoms. The Labute approximate surface area is 107 Å². The van der Waals surface area contributed by atoms with Crippen molar-refractivity contribution in [3.63, 3.8) is 0 Å². The number of H-pyrrole nitrogens is 1. The molecule has 6 heteroatoms. The molecule has 1 heterocycles. The summed E-state index contributed by atoms with van der Waals surface area (Å²) in [6.45, 7) is 0.500. The highest BCUT2D eigenvalue weighted by atomic mass is 19.4. The second-order valence-corrected chi connectivity index (χ2v) is 4.34. The molecule has 2 aromatic rings. The molecule has 0 saturated heterocycles. The van der Waals surface area contributed by atoms with E-state index in [0.29, 0.717) is 0 Å². The van der Waals surface area contributed by atoms with E-state index in [2.05, 4.69) is 4.98 Å². The van der Waals surface area contributed by atoms with Crippen LogP contribution in [0.25, 0.3) is 10.9 Å². The summed E-state index contributed by atoms with van der Waals surface area (Å²) in [7, 11) is 0. The Bertz CT molecular complexity index is 601. The molecule has 2 rings (SSSR count). The molecule has 0 saturated carbocycles. The third kappa shape index (κ3) is 3.27. The van der Waals surface area contributed by atoms with Gasteiger partial charge in [-0.1, -0.05) is 18.2 Å². The van der Waals surface area contributed by atoms with Crippen LogP contribution in [0.5, 0.6) is 0 Å². The molecule has 0 atom stereocenters. The van der Waals surface area contributed by atoms with Gasteiger partial charge in [-0.15, -0.1) is 0 Å². The molecule has 1 aromatic carbocycles. The highest BCUT2D eigenvalue weighted by Gasteiger charge is 2.27. The number of alkyl halides is 3. The van der Waals surface area contributed by atoms with Crippen molar-refractivity contribution in [2.45, 2.75) is 19.5 Å². The van der Waals surface area contributed by atoms with E-state index in [1.165, 1.54) is 0 Å². The van der Waals surface area contributed by atoms with Crippen molar-refractivity contribution in [2.75, 3.05) is 6.54 Å². The number of para-hydroxylation sites is 1. The fraction of sp³-hybridized carbons (Fsp3) is 0.308. The number of hydrogen-bond donors (Lipinski definition) is 2. The molecule has 19 heavy (non-hydrogen) atoms. The van der Waals surface area contributed by atoms with Gasteiger partial charge in [0.15, 0.2) is 0 Å². The summed E-state index contributed by atoms with van der Waals surface area (Å²) in [4.78, 5) is 14.6. The van der Waals surface area contributed by atoms with E-state index in [9.17, 15) is 18.0 Å². The number of hydrogen-bond acceptors (Lipinski definition) is 1. The average Bonchev–Trinajstić information content (AvgIpc) is 2.63. The van der Waals surface area contributed by atoms with Gasteiger partial charge in [0.2, 0.25) is 5.91 Å². The van der Waals surface area contributed by atoms with Gasteiger partial charge in [-0.3, -0.25) is 4.79 Å². The molecule has 0 aliphatic carbocycles. The number of carbonyl (C=O) groups excluding carboxylic acids is 1. The van der Waals surface area contributed by atoms with Gasteiger partial charge in [0.05, 0.1) is 6.42 Å². The summed E-state index contributed by atoms with van der Waals surface area (Å²) in [5, 5.41) is 2.74. The number of carbonyl (C=O) groups is 1. The smallest absolute Gasteiger partial charge is 0.358 e. The van der Waals surface area contributed by atoms with Crippen LogP contribution in [-0.4, -0.2) is 23.6 Å². The minimum absolute atomic E-state index is 0.0636. The summed E-state index contributed by atoms with van der Waals surface area (Å²) < 4.78 is 36.0. The minimum Gasteiger partial charge on any atom is -0.358 e. The standard InChI is InChI=1S/C13H13F3N2O/c1-8-10(6-12(19)17-7-13(14,15)16)9-4-2-3-5-11(9)18-8/h2-5,18H,6-7H2,1H3,(H,17,19). The maximum absolute atomic E-state index is 12.0. The van der Waals surface area contributed by atoms with Crippen LogP contribution >= 0.6 is 0 Å². The molecule has 2 N–H and O–H groups in total. The van der Waals surface area contributed by atoms with Gasteiger partial charge in [0.1, 0.15) is 6.54 Å². The Kier molecular flexibility index (Phi) is 3.50. The Morgan fingerprint density at radius 3 is 2.68 bits per heavy atom. The van der Waals surface area contributed by atoms with Crippen LogP contribution in [0.1, 0.15) is 11.3 Å². The molecular formula is C13H13F3N2O. The molecule has 0 radical (unpaired) electrons. The zero-order chi connectivity index (χ0) is 14.0. The molecule has 0 unspecified atom stereocenters. The fourth-order valence-electron chi connectivity index (χ4n) is 1.98. The number of nitrogens with one attached hydrogen (secondary N) is 2. The number of rotatable bonds is 3. The topological polar surface area (TPSA) is 44.9 Å². The molecule has 0 bridgehead atoms. The molecule has 1 aromatic heterocycles. The van der Waals surface area contributed by atoms with Crippen LogP contribution in [0.3, 0.4) is 0 Å². The molecule has 3 nitrogen and oxygen atoms in total. The third-order valence-electron chi connectivity index (χ3n) is 2.85. The van der Waals surface area contributed by atoms with Crippen molar-refractivity contribution in [3.8, 4) is 0 Å². The second kappa shape index (κ2) is 4.95. The third-order valence-corrected chi connectivity index (χ3v) is 2.85. The largest absolute Gasteiger partial charge is 0.405 e. The van der Waals surface area contributed by atoms with E-state index in [1.54, 1.807) is 6.92 Å². The van der Waals surface area contributed by atoms with Gasteiger partial charge in [0, 0.05) is 16.6 Å². The highest BCUT2D eigenvalue weighted by Crippen LogP contribution is 2.22. The molecule has 0 fully saturated rings. The predicted octanol–water partition coefficient (Wildman–Crippen LogP) is 2.70. The zero-order valence-corrected chi connectivity index (χ0v) is 10.3. The molecule has 102 valence electrons. The van der Waals surface area contributed by atoms with Crippen molar-refractivity contribution < 1.29 is 18.0 Å². The molecule has 0 aliphatic heterocycles. The molecule has 0 aliphatic rings. The lowest BCUT2D eigenvalue weighted by atomic mass is 10.1. The Morgan fingerprint density at radius 1 is 1.32 bits per heavy atom. The van der Waals surface area contributed by atoms with Crippen LogP contribution in [0, 0.1) is 6.92 Å². The first kappa shape index (κ1) is 13.5. The Balaban J connectivity index is 2.13. The van der Waals surface area contributed by atoms with E-state index in [4.69, 9.17) is 0 Å². The van der Waals surface area contributed by atoms with Crippen LogP contribution in [0.4, 0.5) is 13.2 Å². The number of fused-ring (bicyclic) bond motifs is 1. The molecular weight excluding hydrogens is 257 g/mol. The van der Waals surface area contributed by atoms with Crippen LogP contribution < -0.4 is 5.32 Å². The SMILES string of the molecule is Cc1[nH]c2ccccc2c1CC(=O)NCC(F)(F)F. The van der Waals surface area contributed by atoms with Gasteiger partial charge in [-0.2, -0.15) is 13.2 Å². The van der Waals surface area contributed by atoms with Gasteiger partial charge in [-0.25, -0.2) is 0 Å². The zero-order valence-electron chi connectivity index (χ0n) is 10.3. The van der Waals surface area contributed by atoms with Crippen molar-refractivity contribution in [1.82, 2.24) is 10.3 Å². The van der Waals surface area contributed by atoms with E-state index in [1.807, 2.05) is 29.6 Å². The summed E-state index contributed by atoms with van der Waals surface area (Å²) in [5.41, 5.74) is 2.40. The van der Waals surface area contributed by atoms with E-state index >= 15 is 0 Å². The number of halogens is 3. The minimum atomic E-state index is -4.38. The van der Waals surface area contributed by atoms with Crippen molar-refractivity contribution in [2.24, 2.45) is 0 Å². The summed E-state index contributed by atoms with van der Waals surface area (Å²) in [5.74, 6) is -0.634. The summed E-state index contributed by atoms with van der Waals surface area (Å²) in [6.07, 6.45) is -4.45. The maximum Gasteiger partial charge on any atom is 0.405 e. The fourth-order valence-corrected chi connectivity index (χ4v) is 1.98. The van der Waals surface area contributed by atoms with E-state index < -0.39 is 18.6 Å². The van der Waals surface area contributed by atoms with Crippen molar-refractivity contribution in [3.05, 3.63) is 35.5 Å². The van der Waals surface area contributed by atoms with Crippen LogP contribution in [0.15, 0.2) is 24.3 Å². The monoisotopic (exact) mass is 270 g/mol. The number of benzene rings is 1. The maximum atomic E-state index is 12.0. The average molecular weight is 270 g/mol. The van der Waals surface area contributed by atoms with E-state index in [-0.39, 0.29) is 6.42 Å². The summed E-state index contributed by atoms with van der Waals surface area (Å²) >= 11 is 0. The normalized spacial score (nSPS) is 11.8. The van der Waals surface area contributed by atoms with Gasteiger partial charge in [-0.05, 0) is 18.6 Å². The van der Waals surface area contributed by atoms with Gasteiger partial charge in [0.25, 0.3) is 0 Å². The van der Waals surface area contributed by atoms with Crippen molar-refractivity contribution >= 4 is 16.8 Å². The van der Waals surface area contributed by atoms with Crippen LogP contribution in [0.2, 0.25) is 0 Å². The quantitative estimate of drug-likeness (QED) is 0.885. The first-order valence-electron chi connectivity index (χ1n) is 5.76. The number of aromatic nitrogens is 1. The first-order valence-corrected chi connectivity index (χ1v) is 5.76. The van der Waals surface area contributed by atoms with Crippen LogP contribution in [-0.2, 0) is 11.2 Å². The first-order chi connectivity index (χ1) is 8.87. The predicted molar refractivity (Wildman–Crippen MR) is 65.8 cm³/mol. The van der Waals surface area contributed by atoms with Gasteiger partial charge < -0.3 is 10.3 Å². The number of aryl methyl sites for hydroxylation is 1. The Morgan fingerprint density at radius 2 is 2.00 bits per heavy atom. The molecule has 1 amide bonds. The lowest BCUT2D eigenvalue weighted by Gasteiger charge is -2.08.